The lowest BCUT2D eigenvalue weighted by Crippen LogP contribution is -2.33. The lowest BCUT2D eigenvalue weighted by atomic mass is 9.83. The molecule has 1 saturated heterocycles. The van der Waals surface area contributed by atoms with Crippen molar-refractivity contribution >= 4 is 78.9 Å². The van der Waals surface area contributed by atoms with Gasteiger partial charge in [0, 0.05) is 21.0 Å². The molecule has 7 rings (SSSR count). The number of nitrogens with zero attached hydrogens (tertiary/aromatic N) is 2. The van der Waals surface area contributed by atoms with Crippen LogP contribution in [0.2, 0.25) is 0 Å². The summed E-state index contributed by atoms with van der Waals surface area (Å²) in [5.41, 5.74) is 1.66. The van der Waals surface area contributed by atoms with Crippen LogP contribution in [0.3, 0.4) is 0 Å². The number of amides is 3. The van der Waals surface area contributed by atoms with Crippen LogP contribution in [0.1, 0.15) is 16.4 Å². The topological polar surface area (TPSA) is 88.5 Å². The second-order valence-corrected chi connectivity index (χ2v) is 13.4. The number of thiazole rings is 1. The minimum atomic E-state index is -0.831. The summed E-state index contributed by atoms with van der Waals surface area (Å²) in [6, 6.07) is 26.0. The largest absolute Gasteiger partial charge is 0.325 e. The molecule has 1 aromatic heterocycles. The predicted octanol–water partition coefficient (Wildman–Crippen LogP) is 6.40. The molecule has 0 spiro atoms. The van der Waals surface area contributed by atoms with Crippen LogP contribution in [0.4, 0.5) is 15.8 Å². The number of fused-ring (bicyclic) bond motifs is 3. The predicted molar refractivity (Wildman–Crippen MR) is 169 cm³/mol. The SMILES string of the molecule is O=C(Cn1c2c(sc1=O)[C@H](c1ccc(F)cc1)C1C(=O)N(c3ccc(Br)cc3)C(=O)C1S2)Nc1ccc2ccccc2c1. The molecule has 214 valence electrons. The maximum absolute atomic E-state index is 13.9. The highest BCUT2D eigenvalue weighted by Gasteiger charge is 2.56. The molecule has 0 saturated carbocycles. The van der Waals surface area contributed by atoms with Gasteiger partial charge in [0.15, 0.2) is 0 Å². The fourth-order valence-corrected chi connectivity index (χ4v) is 8.78. The number of hydrogen-bond donors (Lipinski definition) is 1. The highest BCUT2D eigenvalue weighted by atomic mass is 79.9. The normalized spacial score (nSPS) is 19.4. The Labute approximate surface area is 261 Å². The second kappa shape index (κ2) is 10.9. The zero-order chi connectivity index (χ0) is 29.8. The molecule has 5 aromatic rings. The van der Waals surface area contributed by atoms with Crippen molar-refractivity contribution in [3.8, 4) is 0 Å². The standard InChI is InChI=1S/C32H21BrFN3O4S2/c33-20-8-13-23(14-9-20)37-29(39)26-25(18-5-10-21(34)11-6-18)28-31(42-27(26)30(37)40)36(32(41)43-28)16-24(38)35-22-12-7-17-3-1-2-4-19(17)15-22/h1-15,25-27H,16H2,(H,35,38)/t25-,26?,27?/m1/s1. The van der Waals surface area contributed by atoms with E-state index in [1.807, 2.05) is 36.4 Å². The second-order valence-electron chi connectivity index (χ2n) is 10.3. The molecule has 43 heavy (non-hydrogen) atoms. The number of nitrogens with one attached hydrogen (secondary N) is 1. The highest BCUT2D eigenvalue weighted by Crippen LogP contribution is 2.53. The summed E-state index contributed by atoms with van der Waals surface area (Å²) in [5, 5.41) is 4.52. The molecule has 1 N–H and O–H groups in total. The number of carbonyl (C=O) groups excluding carboxylic acids is 3. The Morgan fingerprint density at radius 3 is 2.35 bits per heavy atom. The van der Waals surface area contributed by atoms with Gasteiger partial charge in [-0.2, -0.15) is 0 Å². The van der Waals surface area contributed by atoms with E-state index in [9.17, 15) is 23.6 Å². The Balaban J connectivity index is 1.26. The van der Waals surface area contributed by atoms with Crippen molar-refractivity contribution in [1.29, 1.82) is 0 Å². The van der Waals surface area contributed by atoms with E-state index in [2.05, 4.69) is 21.2 Å². The number of carbonyl (C=O) groups is 3. The summed E-state index contributed by atoms with van der Waals surface area (Å²) in [6.45, 7) is -0.267. The molecule has 0 bridgehead atoms. The van der Waals surface area contributed by atoms with E-state index in [1.54, 1.807) is 42.5 Å². The minimum absolute atomic E-state index is 0.267. The maximum Gasteiger partial charge on any atom is 0.308 e. The number of rotatable bonds is 5. The summed E-state index contributed by atoms with van der Waals surface area (Å²) in [6.07, 6.45) is 0. The van der Waals surface area contributed by atoms with Crippen LogP contribution in [0, 0.1) is 11.7 Å². The van der Waals surface area contributed by atoms with E-state index in [4.69, 9.17) is 0 Å². The first-order chi connectivity index (χ1) is 20.8. The summed E-state index contributed by atoms with van der Waals surface area (Å²) >= 11 is 5.47. The molecular weight excluding hydrogens is 653 g/mol. The number of halogens is 2. The van der Waals surface area contributed by atoms with Gasteiger partial charge in [-0.1, -0.05) is 81.5 Å². The third kappa shape index (κ3) is 4.91. The summed E-state index contributed by atoms with van der Waals surface area (Å²) in [7, 11) is 0. The van der Waals surface area contributed by atoms with Crippen molar-refractivity contribution in [3.05, 3.63) is 121 Å². The van der Waals surface area contributed by atoms with Gasteiger partial charge in [0.2, 0.25) is 17.7 Å². The maximum atomic E-state index is 13.9. The Morgan fingerprint density at radius 2 is 1.60 bits per heavy atom. The summed E-state index contributed by atoms with van der Waals surface area (Å²) in [4.78, 5) is 55.7. The summed E-state index contributed by atoms with van der Waals surface area (Å²) in [5.74, 6) is -3.09. The molecule has 2 unspecified atom stereocenters. The molecule has 3 heterocycles. The molecule has 7 nitrogen and oxygen atoms in total. The van der Waals surface area contributed by atoms with Gasteiger partial charge >= 0.3 is 4.87 Å². The van der Waals surface area contributed by atoms with Crippen molar-refractivity contribution in [1.82, 2.24) is 4.57 Å². The van der Waals surface area contributed by atoms with Crippen LogP contribution in [0.5, 0.6) is 0 Å². The van der Waals surface area contributed by atoms with Crippen LogP contribution >= 0.6 is 39.0 Å². The average molecular weight is 675 g/mol. The van der Waals surface area contributed by atoms with Gasteiger partial charge in [-0.25, -0.2) is 9.29 Å². The zero-order valence-electron chi connectivity index (χ0n) is 22.2. The molecule has 0 radical (unpaired) electrons. The van der Waals surface area contributed by atoms with Gasteiger partial charge in [-0.05, 0) is 64.9 Å². The van der Waals surface area contributed by atoms with Gasteiger partial charge in [-0.3, -0.25) is 23.7 Å². The first kappa shape index (κ1) is 27.8. The van der Waals surface area contributed by atoms with Crippen LogP contribution in [0.25, 0.3) is 10.8 Å². The van der Waals surface area contributed by atoms with Crippen LogP contribution < -0.4 is 15.1 Å². The van der Waals surface area contributed by atoms with E-state index >= 15 is 0 Å². The highest BCUT2D eigenvalue weighted by molar-refractivity contribution is 9.10. The molecule has 4 aromatic carbocycles. The number of thioether (sulfide) groups is 1. The van der Waals surface area contributed by atoms with Crippen molar-refractivity contribution in [2.45, 2.75) is 22.7 Å². The molecular formula is C32H21BrFN3O4S2. The fraction of sp³-hybridized carbons (Fsp3) is 0.125. The number of benzene rings is 4. The number of anilines is 2. The molecule has 1 fully saturated rings. The van der Waals surface area contributed by atoms with Crippen LogP contribution in [0.15, 0.2) is 105 Å². The zero-order valence-corrected chi connectivity index (χ0v) is 25.4. The van der Waals surface area contributed by atoms with E-state index < -0.39 is 34.7 Å². The van der Waals surface area contributed by atoms with Crippen molar-refractivity contribution in [2.24, 2.45) is 5.92 Å². The van der Waals surface area contributed by atoms with Crippen molar-refractivity contribution in [3.63, 3.8) is 0 Å². The first-order valence-electron chi connectivity index (χ1n) is 13.4. The monoisotopic (exact) mass is 673 g/mol. The number of hydrogen-bond acceptors (Lipinski definition) is 6. The number of imide groups is 1. The first-order valence-corrected chi connectivity index (χ1v) is 15.8. The van der Waals surface area contributed by atoms with Gasteiger partial charge in [0.1, 0.15) is 17.6 Å². The summed E-state index contributed by atoms with van der Waals surface area (Å²) < 4.78 is 16.1. The van der Waals surface area contributed by atoms with Crippen molar-refractivity contribution in [2.75, 3.05) is 10.2 Å². The Bertz CT molecular complexity index is 1990. The van der Waals surface area contributed by atoms with Gasteiger partial charge in [0.25, 0.3) is 0 Å². The lowest BCUT2D eigenvalue weighted by Gasteiger charge is -2.30. The van der Waals surface area contributed by atoms with Crippen LogP contribution in [-0.2, 0) is 20.9 Å². The van der Waals surface area contributed by atoms with Crippen LogP contribution in [-0.4, -0.2) is 27.5 Å². The lowest BCUT2D eigenvalue weighted by molar-refractivity contribution is -0.122. The van der Waals surface area contributed by atoms with E-state index in [-0.39, 0.29) is 17.3 Å². The minimum Gasteiger partial charge on any atom is -0.325 e. The molecule has 2 aliphatic rings. The number of aromatic nitrogens is 1. The quantitative estimate of drug-likeness (QED) is 0.218. The molecule has 0 aliphatic carbocycles. The average Bonchev–Trinajstić information content (AvgIpc) is 3.44. The van der Waals surface area contributed by atoms with Gasteiger partial charge in [0.05, 0.1) is 16.6 Å². The Hall–Kier alpha value is -4.06. The van der Waals surface area contributed by atoms with E-state index in [0.717, 1.165) is 38.3 Å². The Morgan fingerprint density at radius 1 is 0.884 bits per heavy atom. The third-order valence-corrected chi connectivity index (χ3v) is 10.8. The van der Waals surface area contributed by atoms with E-state index in [0.29, 0.717) is 26.8 Å². The fourth-order valence-electron chi connectivity index (χ4n) is 5.74. The van der Waals surface area contributed by atoms with Gasteiger partial charge < -0.3 is 5.32 Å². The molecule has 2 aliphatic heterocycles. The Kier molecular flexibility index (Phi) is 7.03. The molecule has 11 heteroatoms. The molecule has 3 atom stereocenters. The smallest absolute Gasteiger partial charge is 0.308 e. The third-order valence-electron chi connectivity index (χ3n) is 7.70. The van der Waals surface area contributed by atoms with Gasteiger partial charge in [-0.15, -0.1) is 0 Å². The van der Waals surface area contributed by atoms with Crippen molar-refractivity contribution < 1.29 is 18.8 Å². The van der Waals surface area contributed by atoms with E-state index in [1.165, 1.54) is 21.6 Å². The molecule has 3 amide bonds.